The number of likely N-dealkylation sites (tertiary alicyclic amines) is 1. The number of carbonyl (C=O) groups is 1. The Kier molecular flexibility index (Phi) is 3.76. The largest absolute Gasteiger partial charge is 0.356 e. The zero-order valence-corrected chi connectivity index (χ0v) is 13.1. The number of para-hydroxylation sites is 1. The summed E-state index contributed by atoms with van der Waals surface area (Å²) in [5.41, 5.74) is 2.34. The summed E-state index contributed by atoms with van der Waals surface area (Å²) in [7, 11) is 0. The lowest BCUT2D eigenvalue weighted by molar-refractivity contribution is -0.131. The Labute approximate surface area is 138 Å². The van der Waals surface area contributed by atoms with Crippen molar-refractivity contribution in [3.63, 3.8) is 0 Å². The van der Waals surface area contributed by atoms with Crippen molar-refractivity contribution in [2.24, 2.45) is 0 Å². The van der Waals surface area contributed by atoms with Gasteiger partial charge in [-0.3, -0.25) is 4.79 Å². The van der Waals surface area contributed by atoms with Crippen LogP contribution in [0.2, 0.25) is 0 Å². The van der Waals surface area contributed by atoms with E-state index in [1.54, 1.807) is 12.1 Å². The van der Waals surface area contributed by atoms with Crippen molar-refractivity contribution in [1.29, 1.82) is 0 Å². The van der Waals surface area contributed by atoms with Crippen molar-refractivity contribution >= 4 is 16.9 Å². The molecule has 1 unspecified atom stereocenters. The number of rotatable bonds is 3. The van der Waals surface area contributed by atoms with Gasteiger partial charge in [0.2, 0.25) is 5.91 Å². The number of fused-ring (bicyclic) bond motifs is 1. The van der Waals surface area contributed by atoms with Gasteiger partial charge in [0.25, 0.3) is 0 Å². The molecule has 1 amide bonds. The first-order valence-corrected chi connectivity index (χ1v) is 8.10. The maximum atomic E-state index is 13.1. The van der Waals surface area contributed by atoms with Gasteiger partial charge in [0, 0.05) is 11.9 Å². The third-order valence-electron chi connectivity index (χ3n) is 4.60. The molecule has 3 aromatic rings. The number of hydrogen-bond donors (Lipinski definition) is 0. The summed E-state index contributed by atoms with van der Waals surface area (Å²) in [5, 5.41) is 4.92. The van der Waals surface area contributed by atoms with Crippen LogP contribution in [0, 0.1) is 5.82 Å². The fourth-order valence-corrected chi connectivity index (χ4v) is 3.41. The minimum absolute atomic E-state index is 0.0104. The zero-order valence-electron chi connectivity index (χ0n) is 13.1. The predicted molar refractivity (Wildman–Crippen MR) is 87.8 cm³/mol. The van der Waals surface area contributed by atoms with Crippen LogP contribution >= 0.6 is 0 Å². The highest BCUT2D eigenvalue weighted by Gasteiger charge is 2.30. The van der Waals surface area contributed by atoms with Gasteiger partial charge < -0.3 is 9.42 Å². The Hall–Kier alpha value is -2.69. The third kappa shape index (κ3) is 2.66. The Balaban J connectivity index is 1.56. The van der Waals surface area contributed by atoms with Crippen molar-refractivity contribution in [3.8, 4) is 0 Å². The van der Waals surface area contributed by atoms with E-state index in [1.165, 1.54) is 12.1 Å². The highest BCUT2D eigenvalue weighted by molar-refractivity contribution is 5.86. The normalized spacial score (nSPS) is 17.5. The fraction of sp³-hybridized carbons (Fsp3) is 0.263. The molecule has 0 N–H and O–H groups in total. The van der Waals surface area contributed by atoms with E-state index in [2.05, 4.69) is 5.16 Å². The van der Waals surface area contributed by atoms with Crippen molar-refractivity contribution < 1.29 is 13.7 Å². The quantitative estimate of drug-likeness (QED) is 0.734. The molecule has 0 aliphatic carbocycles. The highest BCUT2D eigenvalue weighted by Crippen LogP contribution is 2.32. The number of nitrogens with zero attached hydrogens (tertiary/aromatic N) is 2. The smallest absolute Gasteiger partial charge is 0.229 e. The van der Waals surface area contributed by atoms with Crippen LogP contribution in [0.15, 0.2) is 53.1 Å². The molecule has 0 radical (unpaired) electrons. The van der Waals surface area contributed by atoms with Gasteiger partial charge in [-0.05, 0) is 42.7 Å². The summed E-state index contributed by atoms with van der Waals surface area (Å²) in [6, 6.07) is 14.0. The average Bonchev–Trinajstić information content (AvgIpc) is 3.23. The summed E-state index contributed by atoms with van der Waals surface area (Å²) >= 11 is 0. The minimum atomic E-state index is -0.260. The van der Waals surface area contributed by atoms with Gasteiger partial charge >= 0.3 is 0 Å². The van der Waals surface area contributed by atoms with Crippen molar-refractivity contribution in [2.75, 3.05) is 6.54 Å². The van der Waals surface area contributed by atoms with Crippen molar-refractivity contribution in [2.45, 2.75) is 25.3 Å². The summed E-state index contributed by atoms with van der Waals surface area (Å²) in [4.78, 5) is 14.6. The van der Waals surface area contributed by atoms with Crippen molar-refractivity contribution in [1.82, 2.24) is 10.1 Å². The molecule has 4 nitrogen and oxygen atoms in total. The van der Waals surface area contributed by atoms with Crippen LogP contribution in [0.25, 0.3) is 11.0 Å². The molecular weight excluding hydrogens is 307 g/mol. The Bertz CT molecular complexity index is 872. The molecule has 5 heteroatoms. The van der Waals surface area contributed by atoms with E-state index in [9.17, 15) is 9.18 Å². The number of benzene rings is 2. The highest BCUT2D eigenvalue weighted by atomic mass is 19.1. The van der Waals surface area contributed by atoms with Crippen LogP contribution in [0.1, 0.15) is 30.1 Å². The van der Waals surface area contributed by atoms with E-state index in [0.717, 1.165) is 30.3 Å². The fourth-order valence-electron chi connectivity index (χ4n) is 3.41. The number of halogens is 1. The molecule has 1 aliphatic heterocycles. The molecule has 0 spiro atoms. The predicted octanol–water partition coefficient (Wildman–Crippen LogP) is 3.87. The van der Waals surface area contributed by atoms with Gasteiger partial charge in [-0.1, -0.05) is 29.4 Å². The van der Waals surface area contributed by atoms with Crippen LogP contribution in [0.4, 0.5) is 4.39 Å². The molecule has 1 atom stereocenters. The van der Waals surface area contributed by atoms with E-state index < -0.39 is 0 Å². The van der Waals surface area contributed by atoms with Crippen LogP contribution in [0.5, 0.6) is 0 Å². The monoisotopic (exact) mass is 324 g/mol. The van der Waals surface area contributed by atoms with E-state index in [1.807, 2.05) is 29.2 Å². The van der Waals surface area contributed by atoms with Crippen LogP contribution < -0.4 is 0 Å². The lowest BCUT2D eigenvalue weighted by Crippen LogP contribution is -2.32. The summed E-state index contributed by atoms with van der Waals surface area (Å²) in [6.45, 7) is 0.719. The first-order chi connectivity index (χ1) is 11.7. The minimum Gasteiger partial charge on any atom is -0.356 e. The molecule has 0 bridgehead atoms. The number of aromatic nitrogens is 1. The first kappa shape index (κ1) is 14.9. The van der Waals surface area contributed by atoms with Gasteiger partial charge in [0.15, 0.2) is 5.58 Å². The molecule has 1 saturated heterocycles. The maximum absolute atomic E-state index is 13.1. The Morgan fingerprint density at radius 2 is 2.00 bits per heavy atom. The molecule has 4 rings (SSSR count). The van der Waals surface area contributed by atoms with Crippen LogP contribution in [-0.2, 0) is 11.2 Å². The molecule has 1 aliphatic rings. The van der Waals surface area contributed by atoms with E-state index in [0.29, 0.717) is 11.3 Å². The van der Waals surface area contributed by atoms with Gasteiger partial charge in [0.05, 0.1) is 12.5 Å². The van der Waals surface area contributed by atoms with Gasteiger partial charge in [-0.25, -0.2) is 4.39 Å². The summed E-state index contributed by atoms with van der Waals surface area (Å²) in [5.74, 6) is -0.232. The van der Waals surface area contributed by atoms with Crippen LogP contribution in [-0.4, -0.2) is 22.5 Å². The second kappa shape index (κ2) is 6.07. The SMILES string of the molecule is O=C(Cc1noc2ccccc12)N1CCCC1c1ccc(F)cc1. The standard InChI is InChI=1S/C19H17FN2O2/c20-14-9-7-13(8-10-14)17-5-3-11-22(17)19(23)12-16-15-4-1-2-6-18(15)24-21-16/h1-2,4,6-10,17H,3,5,11-12H2. The number of hydrogen-bond acceptors (Lipinski definition) is 3. The molecule has 2 heterocycles. The topological polar surface area (TPSA) is 46.3 Å². The number of carbonyl (C=O) groups excluding carboxylic acids is 1. The van der Waals surface area contributed by atoms with Gasteiger partial charge in [-0.15, -0.1) is 0 Å². The zero-order chi connectivity index (χ0) is 16.5. The number of amides is 1. The second-order valence-corrected chi connectivity index (χ2v) is 6.10. The van der Waals surface area contributed by atoms with E-state index in [-0.39, 0.29) is 24.2 Å². The summed E-state index contributed by atoms with van der Waals surface area (Å²) < 4.78 is 18.4. The molecule has 1 fully saturated rings. The molecule has 0 saturated carbocycles. The van der Waals surface area contributed by atoms with Gasteiger partial charge in [0.1, 0.15) is 11.5 Å². The Morgan fingerprint density at radius 3 is 2.83 bits per heavy atom. The van der Waals surface area contributed by atoms with Crippen molar-refractivity contribution in [3.05, 3.63) is 65.6 Å². The van der Waals surface area contributed by atoms with E-state index >= 15 is 0 Å². The second-order valence-electron chi connectivity index (χ2n) is 6.10. The lowest BCUT2D eigenvalue weighted by atomic mass is 10.0. The molecule has 122 valence electrons. The van der Waals surface area contributed by atoms with E-state index in [4.69, 9.17) is 4.52 Å². The summed E-state index contributed by atoms with van der Waals surface area (Å²) in [6.07, 6.45) is 2.07. The molecular formula is C19H17FN2O2. The Morgan fingerprint density at radius 1 is 1.21 bits per heavy atom. The molecule has 2 aromatic carbocycles. The van der Waals surface area contributed by atoms with Crippen LogP contribution in [0.3, 0.4) is 0 Å². The molecule has 1 aromatic heterocycles. The van der Waals surface area contributed by atoms with Gasteiger partial charge in [-0.2, -0.15) is 0 Å². The molecule has 24 heavy (non-hydrogen) atoms. The average molecular weight is 324 g/mol. The third-order valence-corrected chi connectivity index (χ3v) is 4.60. The first-order valence-electron chi connectivity index (χ1n) is 8.10. The maximum Gasteiger partial charge on any atom is 0.229 e. The lowest BCUT2D eigenvalue weighted by Gasteiger charge is -2.25.